The maximum Gasteiger partial charge on any atom is 0.260 e. The zero-order valence-corrected chi connectivity index (χ0v) is 15.9. The highest BCUT2D eigenvalue weighted by molar-refractivity contribution is 7.98. The molecule has 4 aromatic rings. The van der Waals surface area contributed by atoms with Crippen molar-refractivity contribution in [3.63, 3.8) is 0 Å². The van der Waals surface area contributed by atoms with Crippen molar-refractivity contribution in [3.8, 4) is 11.1 Å². The van der Waals surface area contributed by atoms with E-state index in [2.05, 4.69) is 39.0 Å². The maximum absolute atomic E-state index is 12.6. The second-order valence-electron chi connectivity index (χ2n) is 6.15. The van der Waals surface area contributed by atoms with Crippen molar-refractivity contribution in [1.82, 2.24) is 25.1 Å². The Morgan fingerprint density at radius 3 is 2.73 bits per heavy atom. The largest absolute Gasteiger partial charge is 0.309 e. The predicted octanol–water partition coefficient (Wildman–Crippen LogP) is 4.19. The number of benzene rings is 1. The number of thioether (sulfide) groups is 1. The molecule has 1 aromatic carbocycles. The molecule has 0 unspecified atom stereocenters. The van der Waals surface area contributed by atoms with E-state index in [4.69, 9.17) is 0 Å². The van der Waals surface area contributed by atoms with Gasteiger partial charge in [0.05, 0.1) is 11.1 Å². The van der Waals surface area contributed by atoms with E-state index in [1.165, 1.54) is 23.1 Å². The highest BCUT2D eigenvalue weighted by atomic mass is 32.2. The first-order valence-electron chi connectivity index (χ1n) is 8.22. The molecular weight excluding hydrogens is 366 g/mol. The molecule has 8 heteroatoms. The van der Waals surface area contributed by atoms with E-state index in [1.54, 1.807) is 0 Å². The number of aromatic amines is 2. The maximum atomic E-state index is 12.6. The summed E-state index contributed by atoms with van der Waals surface area (Å²) in [5, 5.41) is 10.4. The van der Waals surface area contributed by atoms with Crippen LogP contribution >= 0.6 is 23.1 Å². The van der Waals surface area contributed by atoms with Gasteiger partial charge in [-0.15, -0.1) is 16.4 Å². The molecular formula is C18H17N5OS2. The Kier molecular flexibility index (Phi) is 4.60. The number of fused-ring (bicyclic) bond motifs is 1. The Morgan fingerprint density at radius 1 is 1.19 bits per heavy atom. The molecule has 0 amide bonds. The molecule has 0 radical (unpaired) electrons. The minimum atomic E-state index is -0.108. The summed E-state index contributed by atoms with van der Waals surface area (Å²) < 4.78 is 0. The second kappa shape index (κ2) is 7.05. The average Bonchev–Trinajstić information content (AvgIpc) is 3.28. The molecule has 0 aliphatic carbocycles. The normalized spacial score (nSPS) is 11.5. The van der Waals surface area contributed by atoms with Gasteiger partial charge in [-0.25, -0.2) is 9.97 Å². The molecule has 0 saturated carbocycles. The number of thiophene rings is 1. The first-order chi connectivity index (χ1) is 12.6. The lowest BCUT2D eigenvalue weighted by Gasteiger charge is -2.01. The Hall–Kier alpha value is -2.45. The quantitative estimate of drug-likeness (QED) is 0.505. The van der Waals surface area contributed by atoms with E-state index in [0.717, 1.165) is 21.8 Å². The van der Waals surface area contributed by atoms with Gasteiger partial charge < -0.3 is 4.98 Å². The van der Waals surface area contributed by atoms with Crippen LogP contribution in [0.5, 0.6) is 0 Å². The van der Waals surface area contributed by atoms with Gasteiger partial charge in [0.25, 0.3) is 5.56 Å². The molecule has 0 saturated heterocycles. The van der Waals surface area contributed by atoms with Gasteiger partial charge in [0.1, 0.15) is 16.5 Å². The van der Waals surface area contributed by atoms with Crippen molar-refractivity contribution in [2.45, 2.75) is 30.7 Å². The summed E-state index contributed by atoms with van der Waals surface area (Å²) in [6.45, 7) is 4.12. The minimum Gasteiger partial charge on any atom is -0.309 e. The van der Waals surface area contributed by atoms with Crippen molar-refractivity contribution < 1.29 is 0 Å². The number of hydrogen-bond donors (Lipinski definition) is 2. The SMILES string of the molecule is CC(C)c1nc(SCc2nc3scc(-c4ccccc4)c3c(=O)[nH]2)n[nH]1. The third-order valence-corrected chi connectivity index (χ3v) is 5.68. The van der Waals surface area contributed by atoms with Gasteiger partial charge in [-0.05, 0) is 5.56 Å². The van der Waals surface area contributed by atoms with E-state index in [9.17, 15) is 4.79 Å². The van der Waals surface area contributed by atoms with Gasteiger partial charge in [-0.1, -0.05) is 55.9 Å². The lowest BCUT2D eigenvalue weighted by Crippen LogP contribution is -2.10. The fraction of sp³-hybridized carbons (Fsp3) is 0.222. The van der Waals surface area contributed by atoms with Gasteiger partial charge in [-0.2, -0.15) is 0 Å². The van der Waals surface area contributed by atoms with E-state index in [1.807, 2.05) is 35.7 Å². The monoisotopic (exact) mass is 383 g/mol. The van der Waals surface area contributed by atoms with Crippen LogP contribution in [0.25, 0.3) is 21.3 Å². The van der Waals surface area contributed by atoms with Crippen LogP contribution in [0.3, 0.4) is 0 Å². The fourth-order valence-corrected chi connectivity index (χ4v) is 4.25. The predicted molar refractivity (Wildman–Crippen MR) is 106 cm³/mol. The highest BCUT2D eigenvalue weighted by Gasteiger charge is 2.14. The lowest BCUT2D eigenvalue weighted by molar-refractivity contribution is 0.780. The standard InChI is InChI=1S/C18H17N5OS2/c1-10(2)15-21-18(23-22-15)26-9-13-19-16(24)14-12(8-25-17(14)20-13)11-6-4-3-5-7-11/h3-8,10H,9H2,1-2H3,(H,19,20,24)(H,21,22,23). The molecule has 0 aliphatic heterocycles. The summed E-state index contributed by atoms with van der Waals surface area (Å²) in [6, 6.07) is 9.89. The Labute approximate surface area is 158 Å². The van der Waals surface area contributed by atoms with E-state index >= 15 is 0 Å². The van der Waals surface area contributed by atoms with E-state index in [-0.39, 0.29) is 5.56 Å². The first-order valence-corrected chi connectivity index (χ1v) is 10.1. The topological polar surface area (TPSA) is 87.3 Å². The first kappa shape index (κ1) is 17.0. The molecule has 4 rings (SSSR count). The van der Waals surface area contributed by atoms with Crippen molar-refractivity contribution in [3.05, 3.63) is 57.7 Å². The summed E-state index contributed by atoms with van der Waals surface area (Å²) >= 11 is 2.94. The van der Waals surface area contributed by atoms with Crippen LogP contribution in [0.4, 0.5) is 0 Å². The summed E-state index contributed by atoms with van der Waals surface area (Å²) in [7, 11) is 0. The molecule has 3 aromatic heterocycles. The van der Waals surface area contributed by atoms with Crippen molar-refractivity contribution >= 4 is 33.3 Å². The molecule has 0 fully saturated rings. The van der Waals surface area contributed by atoms with Gasteiger partial charge in [0.15, 0.2) is 0 Å². The van der Waals surface area contributed by atoms with Crippen LogP contribution in [0.15, 0.2) is 45.7 Å². The van der Waals surface area contributed by atoms with Crippen molar-refractivity contribution in [2.24, 2.45) is 0 Å². The van der Waals surface area contributed by atoms with Gasteiger partial charge in [0, 0.05) is 16.9 Å². The van der Waals surface area contributed by atoms with Crippen LogP contribution in [0, 0.1) is 0 Å². The Balaban J connectivity index is 1.61. The minimum absolute atomic E-state index is 0.108. The number of nitrogens with one attached hydrogen (secondary N) is 2. The Bertz CT molecular complexity index is 1100. The summed E-state index contributed by atoms with van der Waals surface area (Å²) in [6.07, 6.45) is 0. The lowest BCUT2D eigenvalue weighted by atomic mass is 10.1. The number of nitrogens with zero attached hydrogens (tertiary/aromatic N) is 3. The number of rotatable bonds is 5. The molecule has 0 atom stereocenters. The third-order valence-electron chi connectivity index (χ3n) is 3.94. The van der Waals surface area contributed by atoms with Gasteiger partial charge in [0.2, 0.25) is 5.16 Å². The van der Waals surface area contributed by atoms with Crippen molar-refractivity contribution in [2.75, 3.05) is 0 Å². The summed E-state index contributed by atoms with van der Waals surface area (Å²) in [5.74, 6) is 2.30. The zero-order valence-electron chi connectivity index (χ0n) is 14.3. The van der Waals surface area contributed by atoms with E-state index in [0.29, 0.717) is 28.0 Å². The van der Waals surface area contributed by atoms with Crippen LogP contribution < -0.4 is 5.56 Å². The molecule has 26 heavy (non-hydrogen) atoms. The average molecular weight is 384 g/mol. The third kappa shape index (κ3) is 3.30. The molecule has 2 N–H and O–H groups in total. The van der Waals surface area contributed by atoms with Crippen LogP contribution in [-0.2, 0) is 5.75 Å². The van der Waals surface area contributed by atoms with Crippen molar-refractivity contribution in [1.29, 1.82) is 0 Å². The number of H-pyrrole nitrogens is 2. The van der Waals surface area contributed by atoms with Crippen LogP contribution in [-0.4, -0.2) is 25.1 Å². The summed E-state index contributed by atoms with van der Waals surface area (Å²) in [5.41, 5.74) is 1.84. The number of aromatic nitrogens is 5. The molecule has 0 aliphatic rings. The summed E-state index contributed by atoms with van der Waals surface area (Å²) in [4.78, 5) is 25.3. The fourth-order valence-electron chi connectivity index (χ4n) is 2.61. The van der Waals surface area contributed by atoms with Crippen LogP contribution in [0.1, 0.15) is 31.4 Å². The van der Waals surface area contributed by atoms with Gasteiger partial charge in [-0.3, -0.25) is 9.89 Å². The molecule has 0 bridgehead atoms. The molecule has 6 nitrogen and oxygen atoms in total. The second-order valence-corrected chi connectivity index (χ2v) is 7.96. The molecule has 3 heterocycles. The number of hydrogen-bond acceptors (Lipinski definition) is 6. The molecule has 132 valence electrons. The molecule has 0 spiro atoms. The zero-order chi connectivity index (χ0) is 18.1. The smallest absolute Gasteiger partial charge is 0.260 e. The Morgan fingerprint density at radius 2 is 2.00 bits per heavy atom. The highest BCUT2D eigenvalue weighted by Crippen LogP contribution is 2.31. The van der Waals surface area contributed by atoms with Crippen LogP contribution in [0.2, 0.25) is 0 Å². The van der Waals surface area contributed by atoms with E-state index < -0.39 is 0 Å². The van der Waals surface area contributed by atoms with Gasteiger partial charge >= 0.3 is 0 Å².